The summed E-state index contributed by atoms with van der Waals surface area (Å²) in [5.74, 6) is -0.0533. The standard InChI is InChI=1S/C8H8BrNO/c9-6-10-8(11)7-4-2-1-3-5-7/h1-5H,6H2,(H,10,11). The molecule has 0 bridgehead atoms. The second-order valence-corrected chi connectivity index (χ2v) is 2.57. The molecule has 0 saturated carbocycles. The Morgan fingerprint density at radius 1 is 1.36 bits per heavy atom. The van der Waals surface area contributed by atoms with E-state index in [0.717, 1.165) is 0 Å². The molecule has 0 atom stereocenters. The molecule has 0 unspecified atom stereocenters. The molecule has 58 valence electrons. The molecule has 0 saturated heterocycles. The second-order valence-electron chi connectivity index (χ2n) is 2.01. The zero-order valence-corrected chi connectivity index (χ0v) is 7.47. The van der Waals surface area contributed by atoms with Crippen LogP contribution < -0.4 is 5.32 Å². The first-order valence-corrected chi connectivity index (χ1v) is 4.36. The van der Waals surface area contributed by atoms with Gasteiger partial charge in [-0.1, -0.05) is 34.1 Å². The molecule has 3 heteroatoms. The molecule has 0 aliphatic carbocycles. The Morgan fingerprint density at radius 3 is 2.55 bits per heavy atom. The number of halogens is 1. The van der Waals surface area contributed by atoms with Gasteiger partial charge in [0.2, 0.25) is 0 Å². The van der Waals surface area contributed by atoms with Gasteiger partial charge < -0.3 is 5.32 Å². The van der Waals surface area contributed by atoms with Gasteiger partial charge in [0.05, 0.1) is 5.45 Å². The predicted octanol–water partition coefficient (Wildman–Crippen LogP) is 1.77. The monoisotopic (exact) mass is 213 g/mol. The maximum absolute atomic E-state index is 11.1. The molecule has 0 aliphatic heterocycles. The molecule has 0 radical (unpaired) electrons. The van der Waals surface area contributed by atoms with Crippen molar-refractivity contribution in [3.63, 3.8) is 0 Å². The molecule has 1 rings (SSSR count). The Kier molecular flexibility index (Phi) is 3.11. The summed E-state index contributed by atoms with van der Waals surface area (Å²) < 4.78 is 0. The molecule has 0 aromatic heterocycles. The van der Waals surface area contributed by atoms with Crippen molar-refractivity contribution in [3.8, 4) is 0 Å². The highest BCUT2D eigenvalue weighted by Crippen LogP contribution is 1.97. The third-order valence-electron chi connectivity index (χ3n) is 1.26. The topological polar surface area (TPSA) is 29.1 Å². The lowest BCUT2D eigenvalue weighted by atomic mass is 10.2. The predicted molar refractivity (Wildman–Crippen MR) is 47.7 cm³/mol. The van der Waals surface area contributed by atoms with Crippen LogP contribution in [-0.4, -0.2) is 11.4 Å². The Bertz CT molecular complexity index is 235. The van der Waals surface area contributed by atoms with Crippen molar-refractivity contribution in [1.29, 1.82) is 0 Å². The highest BCUT2D eigenvalue weighted by molar-refractivity contribution is 9.09. The van der Waals surface area contributed by atoms with Crippen LogP contribution in [0.4, 0.5) is 0 Å². The summed E-state index contributed by atoms with van der Waals surface area (Å²) >= 11 is 3.12. The fourth-order valence-electron chi connectivity index (χ4n) is 0.752. The number of benzene rings is 1. The van der Waals surface area contributed by atoms with Gasteiger partial charge in [-0.15, -0.1) is 0 Å². The fourth-order valence-corrected chi connectivity index (χ4v) is 1.01. The van der Waals surface area contributed by atoms with Crippen LogP contribution in [0.2, 0.25) is 0 Å². The Hall–Kier alpha value is -0.830. The van der Waals surface area contributed by atoms with E-state index in [1.807, 2.05) is 18.2 Å². The zero-order chi connectivity index (χ0) is 8.10. The van der Waals surface area contributed by atoms with Crippen LogP contribution in [-0.2, 0) is 0 Å². The number of carbonyl (C=O) groups is 1. The SMILES string of the molecule is O=C(NCBr)c1ccccc1. The number of alkyl halides is 1. The van der Waals surface area contributed by atoms with Gasteiger partial charge in [0.25, 0.3) is 5.91 Å². The van der Waals surface area contributed by atoms with E-state index in [-0.39, 0.29) is 5.91 Å². The number of amides is 1. The second kappa shape index (κ2) is 4.13. The minimum absolute atomic E-state index is 0.0533. The molecule has 0 spiro atoms. The number of hydrogen-bond acceptors (Lipinski definition) is 1. The van der Waals surface area contributed by atoms with Gasteiger partial charge in [-0.3, -0.25) is 4.79 Å². The number of rotatable bonds is 2. The summed E-state index contributed by atoms with van der Waals surface area (Å²) in [5, 5.41) is 2.64. The van der Waals surface area contributed by atoms with Crippen LogP contribution in [0.15, 0.2) is 30.3 Å². The van der Waals surface area contributed by atoms with E-state index in [4.69, 9.17) is 0 Å². The molecule has 0 aliphatic rings. The van der Waals surface area contributed by atoms with Crippen LogP contribution in [0.3, 0.4) is 0 Å². The summed E-state index contributed by atoms with van der Waals surface area (Å²) in [6.07, 6.45) is 0. The van der Waals surface area contributed by atoms with Crippen LogP contribution in [0, 0.1) is 0 Å². The summed E-state index contributed by atoms with van der Waals surface area (Å²) in [5.41, 5.74) is 1.17. The van der Waals surface area contributed by atoms with Gasteiger partial charge in [-0.25, -0.2) is 0 Å². The first kappa shape index (κ1) is 8.27. The van der Waals surface area contributed by atoms with Crippen molar-refractivity contribution < 1.29 is 4.79 Å². The van der Waals surface area contributed by atoms with Crippen molar-refractivity contribution in [2.45, 2.75) is 0 Å². The smallest absolute Gasteiger partial charge is 0.251 e. The van der Waals surface area contributed by atoms with Crippen molar-refractivity contribution >= 4 is 21.8 Å². The summed E-state index contributed by atoms with van der Waals surface area (Å²) in [6.45, 7) is 0. The lowest BCUT2D eigenvalue weighted by molar-refractivity contribution is 0.0961. The minimum Gasteiger partial charge on any atom is -0.342 e. The van der Waals surface area contributed by atoms with Crippen molar-refractivity contribution in [1.82, 2.24) is 5.32 Å². The Labute approximate surface area is 73.7 Å². The molecular weight excluding hydrogens is 206 g/mol. The lowest BCUT2D eigenvalue weighted by Gasteiger charge is -1.98. The summed E-state index contributed by atoms with van der Waals surface area (Å²) in [6, 6.07) is 9.10. The van der Waals surface area contributed by atoms with E-state index in [9.17, 15) is 4.79 Å². The number of hydrogen-bond donors (Lipinski definition) is 1. The summed E-state index contributed by atoms with van der Waals surface area (Å²) in [7, 11) is 0. The van der Waals surface area contributed by atoms with Gasteiger partial charge in [0.15, 0.2) is 0 Å². The van der Waals surface area contributed by atoms with Crippen LogP contribution in [0.5, 0.6) is 0 Å². The number of nitrogens with one attached hydrogen (secondary N) is 1. The van der Waals surface area contributed by atoms with E-state index in [2.05, 4.69) is 21.2 Å². The van der Waals surface area contributed by atoms with Gasteiger partial charge in [-0.2, -0.15) is 0 Å². The highest BCUT2D eigenvalue weighted by atomic mass is 79.9. The average Bonchev–Trinajstić information content (AvgIpc) is 2.07. The van der Waals surface area contributed by atoms with Crippen LogP contribution in [0.25, 0.3) is 0 Å². The fraction of sp³-hybridized carbons (Fsp3) is 0.125. The molecule has 0 fully saturated rings. The lowest BCUT2D eigenvalue weighted by Crippen LogP contribution is -2.20. The first-order chi connectivity index (χ1) is 5.34. The van der Waals surface area contributed by atoms with Gasteiger partial charge >= 0.3 is 0 Å². The molecule has 1 aromatic carbocycles. The van der Waals surface area contributed by atoms with Crippen LogP contribution >= 0.6 is 15.9 Å². The first-order valence-electron chi connectivity index (χ1n) is 3.24. The normalized spacial score (nSPS) is 9.18. The quantitative estimate of drug-likeness (QED) is 0.589. The molecule has 1 amide bonds. The third-order valence-corrected chi connectivity index (χ3v) is 1.54. The summed E-state index contributed by atoms with van der Waals surface area (Å²) in [4.78, 5) is 11.1. The highest BCUT2D eigenvalue weighted by Gasteiger charge is 2.00. The van der Waals surface area contributed by atoms with Gasteiger partial charge in [-0.05, 0) is 12.1 Å². The van der Waals surface area contributed by atoms with Crippen molar-refractivity contribution in [2.75, 3.05) is 5.45 Å². The molecule has 1 N–H and O–H groups in total. The van der Waals surface area contributed by atoms with E-state index in [1.165, 1.54) is 0 Å². The molecule has 11 heavy (non-hydrogen) atoms. The van der Waals surface area contributed by atoms with E-state index < -0.39 is 0 Å². The van der Waals surface area contributed by atoms with Crippen molar-refractivity contribution in [2.24, 2.45) is 0 Å². The maximum Gasteiger partial charge on any atom is 0.251 e. The van der Waals surface area contributed by atoms with E-state index in [0.29, 0.717) is 11.0 Å². The average molecular weight is 214 g/mol. The van der Waals surface area contributed by atoms with Crippen LogP contribution in [0.1, 0.15) is 10.4 Å². The maximum atomic E-state index is 11.1. The van der Waals surface area contributed by atoms with Gasteiger partial charge in [0.1, 0.15) is 0 Å². The zero-order valence-electron chi connectivity index (χ0n) is 5.88. The largest absolute Gasteiger partial charge is 0.342 e. The Balaban J connectivity index is 2.69. The Morgan fingerprint density at radius 2 is 2.00 bits per heavy atom. The molecular formula is C8H8BrNO. The molecule has 2 nitrogen and oxygen atoms in total. The third kappa shape index (κ3) is 2.35. The minimum atomic E-state index is -0.0533. The van der Waals surface area contributed by atoms with E-state index >= 15 is 0 Å². The molecule has 1 aromatic rings. The number of carbonyl (C=O) groups excluding carboxylic acids is 1. The van der Waals surface area contributed by atoms with Crippen molar-refractivity contribution in [3.05, 3.63) is 35.9 Å². The molecule has 0 heterocycles. The van der Waals surface area contributed by atoms with Gasteiger partial charge in [0, 0.05) is 5.56 Å². The van der Waals surface area contributed by atoms with E-state index in [1.54, 1.807) is 12.1 Å².